The van der Waals surface area contributed by atoms with E-state index in [9.17, 15) is 0 Å². The van der Waals surface area contributed by atoms with Gasteiger partial charge in [0, 0.05) is 0 Å². The Morgan fingerprint density at radius 2 is 0.875 bits per heavy atom. The normalized spacial score (nSPS) is 7.12. The van der Waals surface area contributed by atoms with Gasteiger partial charge in [-0.25, -0.2) is 11.7 Å². The van der Waals surface area contributed by atoms with Crippen molar-refractivity contribution in [3.8, 4) is 0 Å². The number of benzene rings is 1. The van der Waals surface area contributed by atoms with E-state index in [-0.39, 0.29) is 10.3 Å². The summed E-state index contributed by atoms with van der Waals surface area (Å²) in [5.74, 6) is 9.06. The van der Waals surface area contributed by atoms with Gasteiger partial charge in [0.1, 0.15) is 0 Å². The molecule has 0 heterocycles. The average Bonchev–Trinajstić information content (AvgIpc) is 2.32. The van der Waals surface area contributed by atoms with Crippen LogP contribution >= 0.6 is 24.4 Å². The van der Waals surface area contributed by atoms with Crippen LogP contribution in [0, 0.1) is 0 Å². The number of rotatable bonds is 0. The Hall–Kier alpha value is -1.48. The Kier molecular flexibility index (Phi) is 14.3. The summed E-state index contributed by atoms with van der Waals surface area (Å²) in [5.41, 5.74) is 3.63. The third kappa shape index (κ3) is 22.9. The summed E-state index contributed by atoms with van der Waals surface area (Å²) >= 11 is 8.03. The maximum Gasteiger partial charge on any atom is 0.268 e. The van der Waals surface area contributed by atoms with Crippen LogP contribution in [0.15, 0.2) is 36.4 Å². The lowest BCUT2D eigenvalue weighted by molar-refractivity contribution is 0.534. The zero-order valence-corrected chi connectivity index (χ0v) is 9.96. The Balaban J connectivity index is 0. The van der Waals surface area contributed by atoms with Crippen molar-refractivity contribution in [2.75, 3.05) is 0 Å². The second kappa shape index (κ2) is 13.5. The van der Waals surface area contributed by atoms with E-state index in [1.165, 1.54) is 0 Å². The zero-order chi connectivity index (χ0) is 12.8. The summed E-state index contributed by atoms with van der Waals surface area (Å²) in [7, 11) is 0. The second-order valence-corrected chi connectivity index (χ2v) is 2.83. The van der Waals surface area contributed by atoms with Gasteiger partial charge in [-0.05, 0) is 24.4 Å². The fraction of sp³-hybridized carbons (Fsp3) is 0. The Bertz CT molecular complexity index is 244. The molecule has 8 N–H and O–H groups in total. The average molecular weight is 262 g/mol. The highest BCUT2D eigenvalue weighted by Crippen LogP contribution is 1.79. The molecule has 0 saturated heterocycles. The smallest absolute Gasteiger partial charge is 0.268 e. The summed E-state index contributed by atoms with van der Waals surface area (Å²) < 4.78 is 0. The summed E-state index contributed by atoms with van der Waals surface area (Å²) in [5, 5.41) is 14.9. The van der Waals surface area contributed by atoms with Crippen molar-refractivity contribution < 1.29 is 10.2 Å². The lowest BCUT2D eigenvalue weighted by Crippen LogP contribution is -2.27. The molecule has 0 aliphatic carbocycles. The van der Waals surface area contributed by atoms with Gasteiger partial charge in [0.05, 0.1) is 0 Å². The van der Waals surface area contributed by atoms with Gasteiger partial charge in [-0.15, -0.1) is 0 Å². The number of hydrazine groups is 2. The topological polar surface area (TPSA) is 117 Å². The largest absolute Gasteiger partial charge is 0.486 e. The highest BCUT2D eigenvalue weighted by molar-refractivity contribution is 7.80. The molecule has 0 aliphatic heterocycles. The summed E-state index contributed by atoms with van der Waals surface area (Å²) in [6, 6.07) is 12.0. The van der Waals surface area contributed by atoms with Crippen molar-refractivity contribution in [1.29, 1.82) is 0 Å². The lowest BCUT2D eigenvalue weighted by atomic mass is 10.4. The maximum atomic E-state index is 7.86. The summed E-state index contributed by atoms with van der Waals surface area (Å²) in [6.45, 7) is 0. The van der Waals surface area contributed by atoms with Crippen molar-refractivity contribution in [3.05, 3.63) is 36.4 Å². The van der Waals surface area contributed by atoms with Gasteiger partial charge < -0.3 is 10.2 Å². The molecule has 0 spiro atoms. The van der Waals surface area contributed by atoms with Gasteiger partial charge in [-0.3, -0.25) is 10.9 Å². The van der Waals surface area contributed by atoms with E-state index >= 15 is 0 Å². The molecule has 16 heavy (non-hydrogen) atoms. The predicted molar refractivity (Wildman–Crippen MR) is 71.5 cm³/mol. The van der Waals surface area contributed by atoms with E-state index in [0.717, 1.165) is 0 Å². The number of nitrogens with one attached hydrogen (secondary N) is 2. The number of aliphatic hydroxyl groups is 2. The van der Waals surface area contributed by atoms with Gasteiger partial charge >= 0.3 is 0 Å². The molecule has 0 atom stereocenters. The summed E-state index contributed by atoms with van der Waals surface area (Å²) in [4.78, 5) is 0. The fourth-order valence-corrected chi connectivity index (χ4v) is 0.385. The first-order valence-corrected chi connectivity index (χ1v) is 4.75. The third-order valence-electron chi connectivity index (χ3n) is 0.914. The van der Waals surface area contributed by atoms with Crippen LogP contribution in [0.25, 0.3) is 0 Å². The number of nitrogens with two attached hydrogens (primary N) is 2. The molecule has 0 fully saturated rings. The Morgan fingerprint density at radius 3 is 0.938 bits per heavy atom. The highest BCUT2D eigenvalue weighted by Gasteiger charge is 1.70. The third-order valence-corrected chi connectivity index (χ3v) is 1.15. The van der Waals surface area contributed by atoms with Gasteiger partial charge in [0.2, 0.25) is 0 Å². The van der Waals surface area contributed by atoms with Crippen molar-refractivity contribution in [1.82, 2.24) is 10.9 Å². The molecule has 1 aromatic carbocycles. The molecule has 0 amide bonds. The molecule has 0 saturated carbocycles. The minimum atomic E-state index is -0.384. The minimum Gasteiger partial charge on any atom is -0.486 e. The van der Waals surface area contributed by atoms with Gasteiger partial charge in [0.25, 0.3) is 10.3 Å². The van der Waals surface area contributed by atoms with Crippen LogP contribution in [-0.4, -0.2) is 20.6 Å². The van der Waals surface area contributed by atoms with Gasteiger partial charge in [-0.1, -0.05) is 36.4 Å². The maximum absolute atomic E-state index is 7.86. The monoisotopic (exact) mass is 262 g/mol. The first kappa shape index (κ1) is 16.9. The van der Waals surface area contributed by atoms with Crippen LogP contribution in [0.4, 0.5) is 0 Å². The highest BCUT2D eigenvalue weighted by atomic mass is 32.1. The van der Waals surface area contributed by atoms with Crippen LogP contribution in [0.3, 0.4) is 0 Å². The number of hydrogen-bond donors (Lipinski definition) is 6. The van der Waals surface area contributed by atoms with Crippen molar-refractivity contribution >= 4 is 34.8 Å². The molecule has 0 radical (unpaired) electrons. The van der Waals surface area contributed by atoms with Crippen LogP contribution in [-0.2, 0) is 0 Å². The molecule has 0 aliphatic rings. The molecule has 6 nitrogen and oxygen atoms in total. The predicted octanol–water partition coefficient (Wildman–Crippen LogP) is 0.272. The van der Waals surface area contributed by atoms with Crippen LogP contribution in [0.1, 0.15) is 0 Å². The van der Waals surface area contributed by atoms with Crippen molar-refractivity contribution in [3.63, 3.8) is 0 Å². The SMILES string of the molecule is NNC(O)=S.NNC(O)=S.c1ccccc1. The molecule has 8 heteroatoms. The van der Waals surface area contributed by atoms with Crippen LogP contribution in [0.2, 0.25) is 0 Å². The van der Waals surface area contributed by atoms with E-state index in [4.69, 9.17) is 10.2 Å². The van der Waals surface area contributed by atoms with Crippen molar-refractivity contribution in [2.24, 2.45) is 11.7 Å². The molecular weight excluding hydrogens is 248 g/mol. The lowest BCUT2D eigenvalue weighted by Gasteiger charge is -1.83. The van der Waals surface area contributed by atoms with Gasteiger partial charge in [0.15, 0.2) is 0 Å². The van der Waals surface area contributed by atoms with Crippen LogP contribution in [0.5, 0.6) is 0 Å². The van der Waals surface area contributed by atoms with Crippen LogP contribution < -0.4 is 22.5 Å². The molecule has 0 unspecified atom stereocenters. The molecule has 90 valence electrons. The van der Waals surface area contributed by atoms with E-state index in [1.54, 1.807) is 0 Å². The summed E-state index contributed by atoms with van der Waals surface area (Å²) in [6.07, 6.45) is 0. The zero-order valence-electron chi connectivity index (χ0n) is 8.33. The van der Waals surface area contributed by atoms with E-state index in [0.29, 0.717) is 0 Å². The minimum absolute atomic E-state index is 0.384. The number of aliphatic hydroxyl groups excluding tert-OH is 2. The van der Waals surface area contributed by atoms with E-state index in [2.05, 4.69) is 36.1 Å². The van der Waals surface area contributed by atoms with Gasteiger partial charge in [-0.2, -0.15) is 0 Å². The number of thiocarbonyl (C=S) groups is 2. The molecule has 1 rings (SSSR count). The Morgan fingerprint density at radius 1 is 0.750 bits per heavy atom. The van der Waals surface area contributed by atoms with E-state index in [1.807, 2.05) is 47.2 Å². The molecule has 1 aromatic rings. The number of hydrogen-bond acceptors (Lipinski definition) is 4. The fourth-order valence-electron chi connectivity index (χ4n) is 0.385. The quantitative estimate of drug-likeness (QED) is 0.224. The van der Waals surface area contributed by atoms with Crippen molar-refractivity contribution in [2.45, 2.75) is 0 Å². The van der Waals surface area contributed by atoms with E-state index < -0.39 is 0 Å². The molecule has 0 bridgehead atoms. The first-order valence-electron chi connectivity index (χ1n) is 3.93. The second-order valence-electron chi connectivity index (χ2n) is 2.05. The molecular formula is C8H14N4O2S2. The standard InChI is InChI=1S/C6H6.2CH4N2OS/c1-2-4-6-5-3-1;2*2-3-1(4)5/h1-6H;2*2H2,(H2,3,4,5). The molecule has 0 aromatic heterocycles. The Labute approximate surface area is 104 Å². The first-order chi connectivity index (χ1) is 7.54.